The van der Waals surface area contributed by atoms with Crippen molar-refractivity contribution < 1.29 is 9.53 Å². The van der Waals surface area contributed by atoms with Crippen LogP contribution < -0.4 is 0 Å². The van der Waals surface area contributed by atoms with Gasteiger partial charge in [0.1, 0.15) is 0 Å². The van der Waals surface area contributed by atoms with Gasteiger partial charge in [0.2, 0.25) is 0 Å². The predicted octanol–water partition coefficient (Wildman–Crippen LogP) is 5.19. The number of benzene rings is 2. The van der Waals surface area contributed by atoms with Crippen LogP contribution in [-0.2, 0) is 22.4 Å². The van der Waals surface area contributed by atoms with E-state index in [2.05, 4.69) is 60.2 Å². The molecule has 2 rings (SSSR count). The Labute approximate surface area is 139 Å². The molecule has 2 nitrogen and oxygen atoms in total. The van der Waals surface area contributed by atoms with E-state index < -0.39 is 0 Å². The monoisotopic (exact) mass is 310 g/mol. The average Bonchev–Trinajstić information content (AvgIpc) is 2.61. The van der Waals surface area contributed by atoms with Gasteiger partial charge in [0.05, 0.1) is 7.11 Å². The molecule has 0 aromatic heterocycles. The zero-order valence-electron chi connectivity index (χ0n) is 14.2. The van der Waals surface area contributed by atoms with Crippen LogP contribution in [0.5, 0.6) is 0 Å². The largest absolute Gasteiger partial charge is 0.469 e. The van der Waals surface area contributed by atoms with Crippen molar-refractivity contribution in [2.45, 2.75) is 45.4 Å². The number of carbonyl (C=O) groups is 1. The summed E-state index contributed by atoms with van der Waals surface area (Å²) in [6.07, 6.45) is 6.16. The van der Waals surface area contributed by atoms with Gasteiger partial charge in [-0.3, -0.25) is 4.79 Å². The average molecular weight is 310 g/mol. The van der Waals surface area contributed by atoms with Gasteiger partial charge >= 0.3 is 5.97 Å². The lowest BCUT2D eigenvalue weighted by Crippen LogP contribution is -2.01. The van der Waals surface area contributed by atoms with Gasteiger partial charge in [-0.15, -0.1) is 0 Å². The van der Waals surface area contributed by atoms with Crippen LogP contribution in [0.4, 0.5) is 0 Å². The van der Waals surface area contributed by atoms with Gasteiger partial charge in [-0.2, -0.15) is 0 Å². The number of methoxy groups -OCH3 is 1. The highest BCUT2D eigenvalue weighted by Crippen LogP contribution is 2.21. The maximum absolute atomic E-state index is 11.2. The van der Waals surface area contributed by atoms with Crippen LogP contribution in [0.3, 0.4) is 0 Å². The van der Waals surface area contributed by atoms with Gasteiger partial charge in [-0.25, -0.2) is 0 Å². The van der Waals surface area contributed by atoms with Gasteiger partial charge in [0.15, 0.2) is 0 Å². The first-order valence-corrected chi connectivity index (χ1v) is 8.48. The molecule has 0 spiro atoms. The topological polar surface area (TPSA) is 26.3 Å². The fourth-order valence-corrected chi connectivity index (χ4v) is 2.66. The van der Waals surface area contributed by atoms with Gasteiger partial charge < -0.3 is 4.74 Å². The molecule has 0 aliphatic carbocycles. The van der Waals surface area contributed by atoms with Crippen molar-refractivity contribution >= 4 is 5.97 Å². The van der Waals surface area contributed by atoms with E-state index in [1.54, 1.807) is 0 Å². The molecule has 0 aliphatic rings. The quantitative estimate of drug-likeness (QED) is 0.495. The molecule has 0 saturated carbocycles. The highest BCUT2D eigenvalue weighted by molar-refractivity contribution is 5.69. The van der Waals surface area contributed by atoms with E-state index in [9.17, 15) is 4.79 Å². The maximum atomic E-state index is 11.2. The summed E-state index contributed by atoms with van der Waals surface area (Å²) < 4.78 is 4.67. The van der Waals surface area contributed by atoms with E-state index in [0.29, 0.717) is 6.42 Å². The summed E-state index contributed by atoms with van der Waals surface area (Å²) in [5.74, 6) is -0.160. The molecular weight excluding hydrogens is 284 g/mol. The molecule has 0 unspecified atom stereocenters. The molecule has 0 atom stereocenters. The van der Waals surface area contributed by atoms with Crippen LogP contribution in [0.25, 0.3) is 11.1 Å². The minimum Gasteiger partial charge on any atom is -0.469 e. The zero-order chi connectivity index (χ0) is 16.5. The fraction of sp³-hybridized carbons (Fsp3) is 0.381. The zero-order valence-corrected chi connectivity index (χ0v) is 14.2. The third kappa shape index (κ3) is 5.55. The summed E-state index contributed by atoms with van der Waals surface area (Å²) in [5.41, 5.74) is 5.03. The van der Waals surface area contributed by atoms with Crippen molar-refractivity contribution in [2.24, 2.45) is 0 Å². The van der Waals surface area contributed by atoms with E-state index in [0.717, 1.165) is 12.0 Å². The Morgan fingerprint density at radius 1 is 0.826 bits per heavy atom. The molecule has 2 aromatic carbocycles. The molecule has 0 fully saturated rings. The molecule has 0 radical (unpaired) electrons. The van der Waals surface area contributed by atoms with Gasteiger partial charge in [0, 0.05) is 6.42 Å². The number of unbranched alkanes of at least 4 members (excludes halogenated alkanes) is 2. The molecule has 0 aliphatic heterocycles. The summed E-state index contributed by atoms with van der Waals surface area (Å²) in [6, 6.07) is 17.3. The van der Waals surface area contributed by atoms with Crippen LogP contribution in [0, 0.1) is 0 Å². The first-order chi connectivity index (χ1) is 11.2. The highest BCUT2D eigenvalue weighted by Gasteiger charge is 2.03. The summed E-state index contributed by atoms with van der Waals surface area (Å²) >= 11 is 0. The predicted molar refractivity (Wildman–Crippen MR) is 95.4 cm³/mol. The van der Waals surface area contributed by atoms with Crippen LogP contribution in [0.2, 0.25) is 0 Å². The smallest absolute Gasteiger partial charge is 0.305 e. The number of carbonyl (C=O) groups excluding carboxylic acids is 1. The van der Waals surface area contributed by atoms with E-state index >= 15 is 0 Å². The molecule has 0 saturated heterocycles. The number of esters is 1. The van der Waals surface area contributed by atoms with Crippen molar-refractivity contribution in [3.8, 4) is 11.1 Å². The Morgan fingerprint density at radius 3 is 1.83 bits per heavy atom. The summed E-state index contributed by atoms with van der Waals surface area (Å²) in [6.45, 7) is 2.23. The molecule has 2 aromatic rings. The Bertz CT molecular complexity index is 597. The Balaban J connectivity index is 1.94. The summed E-state index contributed by atoms with van der Waals surface area (Å²) in [7, 11) is 1.43. The minimum atomic E-state index is -0.160. The summed E-state index contributed by atoms with van der Waals surface area (Å²) in [5, 5.41) is 0. The summed E-state index contributed by atoms with van der Waals surface area (Å²) in [4.78, 5) is 11.2. The van der Waals surface area contributed by atoms with Crippen molar-refractivity contribution in [1.82, 2.24) is 0 Å². The van der Waals surface area contributed by atoms with E-state index in [1.165, 1.54) is 49.5 Å². The SMILES string of the molecule is CCCCCc1ccc(-c2ccc(CCC(=O)OC)cc2)cc1. The van der Waals surface area contributed by atoms with Crippen molar-refractivity contribution in [3.63, 3.8) is 0 Å². The standard InChI is InChI=1S/C21H26O2/c1-3-4-5-6-17-7-12-19(13-8-17)20-14-9-18(10-15-20)11-16-21(22)23-2/h7-10,12-15H,3-6,11,16H2,1-2H3. The lowest BCUT2D eigenvalue weighted by Gasteiger charge is -2.06. The van der Waals surface area contributed by atoms with Crippen LogP contribution >= 0.6 is 0 Å². The highest BCUT2D eigenvalue weighted by atomic mass is 16.5. The maximum Gasteiger partial charge on any atom is 0.305 e. The van der Waals surface area contributed by atoms with Gasteiger partial charge in [-0.05, 0) is 41.5 Å². The van der Waals surface area contributed by atoms with E-state index in [-0.39, 0.29) is 5.97 Å². The van der Waals surface area contributed by atoms with Crippen molar-refractivity contribution in [2.75, 3.05) is 7.11 Å². The Kier molecular flexibility index (Phi) is 6.86. The molecule has 2 heteroatoms. The minimum absolute atomic E-state index is 0.160. The number of aryl methyl sites for hydroxylation is 2. The van der Waals surface area contributed by atoms with Crippen LogP contribution in [0.15, 0.2) is 48.5 Å². The Morgan fingerprint density at radius 2 is 1.35 bits per heavy atom. The second kappa shape index (κ2) is 9.14. The molecule has 0 bridgehead atoms. The molecule has 122 valence electrons. The van der Waals surface area contributed by atoms with Crippen molar-refractivity contribution in [3.05, 3.63) is 59.7 Å². The lowest BCUT2D eigenvalue weighted by atomic mass is 9.99. The molecule has 0 amide bonds. The van der Waals surface area contributed by atoms with Gasteiger partial charge in [-0.1, -0.05) is 68.3 Å². The lowest BCUT2D eigenvalue weighted by molar-refractivity contribution is -0.140. The molecule has 0 heterocycles. The number of ether oxygens (including phenoxy) is 1. The number of hydrogen-bond donors (Lipinski definition) is 0. The Hall–Kier alpha value is -2.09. The molecule has 0 N–H and O–H groups in total. The first kappa shape index (κ1) is 17.3. The molecular formula is C21H26O2. The number of hydrogen-bond acceptors (Lipinski definition) is 2. The fourth-order valence-electron chi connectivity index (χ4n) is 2.66. The van der Waals surface area contributed by atoms with E-state index in [1.807, 2.05) is 0 Å². The first-order valence-electron chi connectivity index (χ1n) is 8.48. The third-order valence-electron chi connectivity index (χ3n) is 4.16. The molecule has 23 heavy (non-hydrogen) atoms. The number of rotatable bonds is 8. The van der Waals surface area contributed by atoms with Crippen LogP contribution in [0.1, 0.15) is 43.7 Å². The van der Waals surface area contributed by atoms with E-state index in [4.69, 9.17) is 0 Å². The normalized spacial score (nSPS) is 10.5. The van der Waals surface area contributed by atoms with Crippen LogP contribution in [-0.4, -0.2) is 13.1 Å². The van der Waals surface area contributed by atoms with Gasteiger partial charge in [0.25, 0.3) is 0 Å². The second-order valence-electron chi connectivity index (χ2n) is 5.93. The third-order valence-corrected chi connectivity index (χ3v) is 4.16. The van der Waals surface area contributed by atoms with Crippen molar-refractivity contribution in [1.29, 1.82) is 0 Å². The second-order valence-corrected chi connectivity index (χ2v) is 5.93.